The molecule has 3 N–H and O–H groups in total. The summed E-state index contributed by atoms with van der Waals surface area (Å²) in [5.41, 5.74) is 1.40. The fraction of sp³-hybridized carbons (Fsp3) is 0.250. The van der Waals surface area contributed by atoms with Gasteiger partial charge in [0.2, 0.25) is 10.0 Å². The zero-order valence-electron chi connectivity index (χ0n) is 10.5. The standard InChI is InChI=1S/C12H14N2O4S2/c15-6-5-9-1-3-11(4-2-9)20(17,18)13-7-10-8-19-12(16)14-10/h1-4,8,13,15H,5-7H2,(H,14,16). The first-order valence-electron chi connectivity index (χ1n) is 5.87. The third kappa shape index (κ3) is 3.76. The van der Waals surface area contributed by atoms with E-state index in [0.29, 0.717) is 12.1 Å². The Morgan fingerprint density at radius 2 is 1.95 bits per heavy atom. The highest BCUT2D eigenvalue weighted by Gasteiger charge is 2.13. The van der Waals surface area contributed by atoms with Gasteiger partial charge in [-0.15, -0.1) is 0 Å². The van der Waals surface area contributed by atoms with E-state index in [4.69, 9.17) is 5.11 Å². The number of hydrogen-bond acceptors (Lipinski definition) is 5. The molecule has 0 saturated heterocycles. The maximum absolute atomic E-state index is 12.0. The first-order valence-corrected chi connectivity index (χ1v) is 8.24. The van der Waals surface area contributed by atoms with E-state index in [9.17, 15) is 13.2 Å². The van der Waals surface area contributed by atoms with Gasteiger partial charge in [0.05, 0.1) is 11.4 Å². The quantitative estimate of drug-likeness (QED) is 0.721. The van der Waals surface area contributed by atoms with Crippen LogP contribution >= 0.6 is 11.3 Å². The fourth-order valence-corrected chi connectivity index (χ4v) is 3.21. The second kappa shape index (κ2) is 6.31. The molecule has 108 valence electrons. The summed E-state index contributed by atoms with van der Waals surface area (Å²) in [6, 6.07) is 6.31. The Morgan fingerprint density at radius 3 is 2.50 bits per heavy atom. The van der Waals surface area contributed by atoms with Crippen molar-refractivity contribution in [1.82, 2.24) is 9.71 Å². The molecular formula is C12H14N2O4S2. The van der Waals surface area contributed by atoms with Gasteiger partial charge in [-0.25, -0.2) is 13.1 Å². The van der Waals surface area contributed by atoms with Crippen LogP contribution in [0.15, 0.2) is 39.3 Å². The van der Waals surface area contributed by atoms with Gasteiger partial charge >= 0.3 is 4.87 Å². The zero-order valence-corrected chi connectivity index (χ0v) is 12.1. The molecule has 0 atom stereocenters. The van der Waals surface area contributed by atoms with Crippen LogP contribution in [0.5, 0.6) is 0 Å². The topological polar surface area (TPSA) is 99.3 Å². The zero-order chi connectivity index (χ0) is 14.6. The Balaban J connectivity index is 2.07. The lowest BCUT2D eigenvalue weighted by molar-refractivity contribution is 0.299. The molecule has 2 aromatic rings. The number of aromatic amines is 1. The molecule has 0 bridgehead atoms. The van der Waals surface area contributed by atoms with Gasteiger partial charge in [-0.3, -0.25) is 4.79 Å². The number of benzene rings is 1. The third-order valence-corrected chi connectivity index (χ3v) is 4.79. The fourth-order valence-electron chi connectivity index (χ4n) is 1.62. The van der Waals surface area contributed by atoms with Crippen molar-refractivity contribution in [3.05, 3.63) is 50.6 Å². The summed E-state index contributed by atoms with van der Waals surface area (Å²) in [5, 5.41) is 10.4. The van der Waals surface area contributed by atoms with E-state index >= 15 is 0 Å². The number of hydrogen-bond donors (Lipinski definition) is 3. The van der Waals surface area contributed by atoms with Crippen molar-refractivity contribution >= 4 is 21.4 Å². The van der Waals surface area contributed by atoms with Gasteiger partial charge < -0.3 is 10.1 Å². The Morgan fingerprint density at radius 1 is 1.25 bits per heavy atom. The largest absolute Gasteiger partial charge is 0.396 e. The Kier molecular flexibility index (Phi) is 4.71. The molecule has 1 aromatic carbocycles. The summed E-state index contributed by atoms with van der Waals surface area (Å²) in [7, 11) is -3.61. The molecule has 0 radical (unpaired) electrons. The SMILES string of the molecule is O=c1[nH]c(CNS(=O)(=O)c2ccc(CCO)cc2)cs1. The highest BCUT2D eigenvalue weighted by molar-refractivity contribution is 7.89. The molecule has 6 nitrogen and oxygen atoms in total. The number of rotatable bonds is 6. The lowest BCUT2D eigenvalue weighted by atomic mass is 10.2. The maximum Gasteiger partial charge on any atom is 0.304 e. The molecule has 0 aliphatic carbocycles. The predicted molar refractivity (Wildman–Crippen MR) is 76.2 cm³/mol. The molecule has 1 aromatic heterocycles. The van der Waals surface area contributed by atoms with E-state index in [0.717, 1.165) is 16.9 Å². The predicted octanol–water partition coefficient (Wildman–Crippen LogP) is 0.450. The van der Waals surface area contributed by atoms with Gasteiger partial charge in [-0.1, -0.05) is 23.5 Å². The summed E-state index contributed by atoms with van der Waals surface area (Å²) in [4.78, 5) is 13.4. The van der Waals surface area contributed by atoms with Crippen LogP contribution in [0.4, 0.5) is 0 Å². The molecule has 2 rings (SSSR count). The number of aromatic nitrogens is 1. The van der Waals surface area contributed by atoms with Crippen LogP contribution in [-0.2, 0) is 23.0 Å². The summed E-state index contributed by atoms with van der Waals surface area (Å²) >= 11 is 0.989. The normalized spacial score (nSPS) is 11.7. The van der Waals surface area contributed by atoms with E-state index in [1.165, 1.54) is 12.1 Å². The van der Waals surface area contributed by atoms with E-state index in [1.54, 1.807) is 17.5 Å². The summed E-state index contributed by atoms with van der Waals surface area (Å²) in [6.45, 7) is 0.0648. The van der Waals surface area contributed by atoms with E-state index in [1.807, 2.05) is 0 Å². The number of aliphatic hydroxyl groups excluding tert-OH is 1. The third-order valence-electron chi connectivity index (χ3n) is 2.66. The van der Waals surface area contributed by atoms with E-state index in [2.05, 4.69) is 9.71 Å². The van der Waals surface area contributed by atoms with Crippen molar-refractivity contribution in [1.29, 1.82) is 0 Å². The maximum atomic E-state index is 12.0. The second-order valence-electron chi connectivity index (χ2n) is 4.12. The Labute approximate surface area is 120 Å². The average Bonchev–Trinajstić information content (AvgIpc) is 2.84. The molecule has 1 heterocycles. The van der Waals surface area contributed by atoms with Crippen molar-refractivity contribution in [3.63, 3.8) is 0 Å². The second-order valence-corrected chi connectivity index (χ2v) is 6.72. The van der Waals surface area contributed by atoms with Gasteiger partial charge in [0.25, 0.3) is 0 Å². The molecule has 0 spiro atoms. The lowest BCUT2D eigenvalue weighted by Gasteiger charge is -2.06. The highest BCUT2D eigenvalue weighted by Crippen LogP contribution is 2.11. The van der Waals surface area contributed by atoms with Crippen LogP contribution in [0.2, 0.25) is 0 Å². The van der Waals surface area contributed by atoms with E-state index < -0.39 is 10.0 Å². The van der Waals surface area contributed by atoms with Crippen molar-refractivity contribution in [2.75, 3.05) is 6.61 Å². The molecule has 0 amide bonds. The highest BCUT2D eigenvalue weighted by atomic mass is 32.2. The number of H-pyrrole nitrogens is 1. The molecule has 20 heavy (non-hydrogen) atoms. The van der Waals surface area contributed by atoms with E-state index in [-0.39, 0.29) is 22.9 Å². The molecule has 0 fully saturated rings. The Hall–Kier alpha value is -1.48. The van der Waals surface area contributed by atoms with Crippen LogP contribution in [0, 0.1) is 0 Å². The van der Waals surface area contributed by atoms with Crippen molar-refractivity contribution in [3.8, 4) is 0 Å². The minimum Gasteiger partial charge on any atom is -0.396 e. The molecule has 0 unspecified atom stereocenters. The lowest BCUT2D eigenvalue weighted by Crippen LogP contribution is -2.23. The van der Waals surface area contributed by atoms with Crippen LogP contribution in [0.3, 0.4) is 0 Å². The smallest absolute Gasteiger partial charge is 0.304 e. The van der Waals surface area contributed by atoms with Crippen LogP contribution in [0.25, 0.3) is 0 Å². The first kappa shape index (κ1) is 14.9. The summed E-state index contributed by atoms with van der Waals surface area (Å²) in [5.74, 6) is 0. The van der Waals surface area contributed by atoms with Crippen LogP contribution in [-0.4, -0.2) is 25.1 Å². The minimum absolute atomic E-state index is 0.0237. The summed E-state index contributed by atoms with van der Waals surface area (Å²) in [6.07, 6.45) is 0.490. The molecule has 8 heteroatoms. The Bertz CT molecular complexity index is 716. The van der Waals surface area contributed by atoms with Crippen LogP contribution in [0.1, 0.15) is 11.3 Å². The van der Waals surface area contributed by atoms with Gasteiger partial charge in [0, 0.05) is 17.7 Å². The van der Waals surface area contributed by atoms with Gasteiger partial charge in [-0.05, 0) is 24.1 Å². The van der Waals surface area contributed by atoms with Crippen LogP contribution < -0.4 is 9.60 Å². The van der Waals surface area contributed by atoms with Gasteiger partial charge in [0.1, 0.15) is 0 Å². The average molecular weight is 314 g/mol. The van der Waals surface area contributed by atoms with Gasteiger partial charge in [-0.2, -0.15) is 0 Å². The monoisotopic (exact) mass is 314 g/mol. The van der Waals surface area contributed by atoms with Crippen molar-refractivity contribution in [2.45, 2.75) is 17.9 Å². The molecular weight excluding hydrogens is 300 g/mol. The number of aliphatic hydroxyl groups is 1. The number of nitrogens with one attached hydrogen (secondary N) is 2. The van der Waals surface area contributed by atoms with Gasteiger partial charge in [0.15, 0.2) is 0 Å². The molecule has 0 aliphatic heterocycles. The van der Waals surface area contributed by atoms with Crippen molar-refractivity contribution in [2.24, 2.45) is 0 Å². The first-order chi connectivity index (χ1) is 9.51. The molecule has 0 saturated carbocycles. The number of thiazole rings is 1. The summed E-state index contributed by atoms with van der Waals surface area (Å²) < 4.78 is 26.5. The molecule has 0 aliphatic rings. The number of sulfonamides is 1. The van der Waals surface area contributed by atoms with Crippen molar-refractivity contribution < 1.29 is 13.5 Å². The minimum atomic E-state index is -3.61.